The van der Waals surface area contributed by atoms with Crippen LogP contribution in [-0.4, -0.2) is 22.8 Å². The van der Waals surface area contributed by atoms with Crippen LogP contribution in [0.25, 0.3) is 0 Å². The normalized spacial score (nSPS) is 7.64. The molecule has 11 heavy (non-hydrogen) atoms. The van der Waals surface area contributed by atoms with Crippen LogP contribution in [0.4, 0.5) is 0 Å². The van der Waals surface area contributed by atoms with Crippen LogP contribution in [0.1, 0.15) is 10.5 Å². The third-order valence-corrected chi connectivity index (χ3v) is 0.884. The summed E-state index contributed by atoms with van der Waals surface area (Å²) in [5, 5.41) is 8.32. The molecule has 0 unspecified atom stereocenters. The Bertz CT molecular complexity index is 222. The van der Waals surface area contributed by atoms with Crippen molar-refractivity contribution in [2.75, 3.05) is 0 Å². The number of hydrogen-bond acceptors (Lipinski definition) is 3. The first-order chi connectivity index (χ1) is 5.30. The van der Waals surface area contributed by atoms with Crippen LogP contribution in [0.15, 0.2) is 24.4 Å². The number of aromatic carboxylic acids is 1. The summed E-state index contributed by atoms with van der Waals surface area (Å²) < 4.78 is 0. The van der Waals surface area contributed by atoms with Gasteiger partial charge in [-0.3, -0.25) is 0 Å². The molecule has 4 heteroatoms. The summed E-state index contributed by atoms with van der Waals surface area (Å²) in [6, 6.07) is 4.76. The first-order valence-electron chi connectivity index (χ1n) is 2.74. The van der Waals surface area contributed by atoms with Gasteiger partial charge >= 0.3 is 5.97 Å². The van der Waals surface area contributed by atoms with Gasteiger partial charge in [-0.25, -0.2) is 9.78 Å². The van der Waals surface area contributed by atoms with Gasteiger partial charge < -0.3 is 9.90 Å². The molecule has 0 fully saturated rings. The summed E-state index contributed by atoms with van der Waals surface area (Å²) >= 11 is 0. The Morgan fingerprint density at radius 3 is 2.36 bits per heavy atom. The van der Waals surface area contributed by atoms with Crippen LogP contribution >= 0.6 is 0 Å². The lowest BCUT2D eigenvalue weighted by Crippen LogP contribution is -1.97. The first kappa shape index (κ1) is 9.29. The summed E-state index contributed by atoms with van der Waals surface area (Å²) in [6.45, 7) is 2.00. The standard InChI is InChI=1S/C6H5NO2.CH2O/c8-6(9)5-3-1-2-4-7-5;1-2/h1-4H,(H,8,9);1H2. The minimum absolute atomic E-state index is 0.0810. The summed E-state index contributed by atoms with van der Waals surface area (Å²) in [6.07, 6.45) is 1.45. The van der Waals surface area contributed by atoms with E-state index in [1.54, 1.807) is 12.1 Å². The summed E-state index contributed by atoms with van der Waals surface area (Å²) in [5.41, 5.74) is 0.0810. The van der Waals surface area contributed by atoms with Gasteiger partial charge in [-0.15, -0.1) is 0 Å². The zero-order chi connectivity index (χ0) is 8.69. The lowest BCUT2D eigenvalue weighted by Gasteiger charge is -1.87. The molecule has 0 atom stereocenters. The molecular formula is C7H7NO3. The van der Waals surface area contributed by atoms with Crippen LogP contribution in [0.3, 0.4) is 0 Å². The molecule has 0 saturated heterocycles. The van der Waals surface area contributed by atoms with E-state index in [-0.39, 0.29) is 5.69 Å². The van der Waals surface area contributed by atoms with Gasteiger partial charge in [0.2, 0.25) is 0 Å². The number of carboxylic acid groups (broad SMARTS) is 1. The van der Waals surface area contributed by atoms with E-state index in [1.165, 1.54) is 12.3 Å². The summed E-state index contributed by atoms with van der Waals surface area (Å²) in [5.74, 6) is -0.990. The van der Waals surface area contributed by atoms with Crippen LogP contribution < -0.4 is 0 Å². The third kappa shape index (κ3) is 3.10. The van der Waals surface area contributed by atoms with E-state index in [2.05, 4.69) is 4.98 Å². The molecule has 1 aromatic heterocycles. The van der Waals surface area contributed by atoms with Gasteiger partial charge in [-0.1, -0.05) is 6.07 Å². The number of carboxylic acids is 1. The highest BCUT2D eigenvalue weighted by Crippen LogP contribution is 1.90. The molecule has 0 bridgehead atoms. The fraction of sp³-hybridized carbons (Fsp3) is 0. The van der Waals surface area contributed by atoms with Gasteiger partial charge in [-0.05, 0) is 12.1 Å². The van der Waals surface area contributed by atoms with Crippen molar-refractivity contribution in [1.82, 2.24) is 4.98 Å². The molecule has 0 spiro atoms. The minimum Gasteiger partial charge on any atom is -0.477 e. The molecule has 0 aliphatic carbocycles. The SMILES string of the molecule is C=O.O=C(O)c1ccccn1. The van der Waals surface area contributed by atoms with Crippen molar-refractivity contribution in [3.8, 4) is 0 Å². The molecule has 0 amide bonds. The van der Waals surface area contributed by atoms with Gasteiger partial charge in [-0.2, -0.15) is 0 Å². The number of hydrogen-bond donors (Lipinski definition) is 1. The number of pyridine rings is 1. The van der Waals surface area contributed by atoms with Gasteiger partial charge in [0.05, 0.1) is 0 Å². The average molecular weight is 153 g/mol. The second kappa shape index (κ2) is 5.10. The van der Waals surface area contributed by atoms with E-state index in [1.807, 2.05) is 6.79 Å². The second-order valence-corrected chi connectivity index (χ2v) is 1.52. The van der Waals surface area contributed by atoms with Gasteiger partial charge in [0.15, 0.2) is 0 Å². The third-order valence-electron chi connectivity index (χ3n) is 0.884. The van der Waals surface area contributed by atoms with E-state index in [9.17, 15) is 4.79 Å². The van der Waals surface area contributed by atoms with Crippen LogP contribution in [-0.2, 0) is 4.79 Å². The molecule has 0 aliphatic heterocycles. The molecular weight excluding hydrogens is 146 g/mol. The lowest BCUT2D eigenvalue weighted by atomic mass is 10.4. The van der Waals surface area contributed by atoms with Gasteiger partial charge in [0.1, 0.15) is 12.5 Å². The number of rotatable bonds is 1. The molecule has 0 aromatic carbocycles. The Kier molecular flexibility index (Phi) is 4.31. The van der Waals surface area contributed by atoms with Crippen LogP contribution in [0.5, 0.6) is 0 Å². The van der Waals surface area contributed by atoms with Crippen molar-refractivity contribution in [1.29, 1.82) is 0 Å². The van der Waals surface area contributed by atoms with Crippen molar-refractivity contribution in [2.24, 2.45) is 0 Å². The topological polar surface area (TPSA) is 67.3 Å². The number of carbonyl (C=O) groups is 2. The largest absolute Gasteiger partial charge is 0.477 e. The van der Waals surface area contributed by atoms with Crippen molar-refractivity contribution >= 4 is 12.8 Å². The first-order valence-corrected chi connectivity index (χ1v) is 2.74. The minimum atomic E-state index is -0.990. The van der Waals surface area contributed by atoms with E-state index in [0.29, 0.717) is 0 Å². The number of aromatic nitrogens is 1. The Morgan fingerprint density at radius 1 is 1.45 bits per heavy atom. The molecule has 1 N–H and O–H groups in total. The molecule has 1 rings (SSSR count). The van der Waals surface area contributed by atoms with Crippen molar-refractivity contribution in [2.45, 2.75) is 0 Å². The quantitative estimate of drug-likeness (QED) is 0.641. The highest BCUT2D eigenvalue weighted by molar-refractivity contribution is 5.85. The van der Waals surface area contributed by atoms with Crippen molar-refractivity contribution in [3.05, 3.63) is 30.1 Å². The molecule has 4 nitrogen and oxygen atoms in total. The fourth-order valence-corrected chi connectivity index (χ4v) is 0.489. The van der Waals surface area contributed by atoms with Crippen LogP contribution in [0, 0.1) is 0 Å². The number of nitrogens with zero attached hydrogens (tertiary/aromatic N) is 1. The predicted octanol–water partition coefficient (Wildman–Crippen LogP) is 0.595. The second-order valence-electron chi connectivity index (χ2n) is 1.52. The van der Waals surface area contributed by atoms with E-state index < -0.39 is 5.97 Å². The Balaban J connectivity index is 0.000000461. The lowest BCUT2D eigenvalue weighted by molar-refractivity contribution is -0.0980. The maximum Gasteiger partial charge on any atom is 0.354 e. The summed E-state index contributed by atoms with van der Waals surface area (Å²) in [4.78, 5) is 21.7. The molecule has 0 aliphatic rings. The monoisotopic (exact) mass is 153 g/mol. The van der Waals surface area contributed by atoms with Crippen LogP contribution in [0.2, 0.25) is 0 Å². The van der Waals surface area contributed by atoms with Gasteiger partial charge in [0.25, 0.3) is 0 Å². The fourth-order valence-electron chi connectivity index (χ4n) is 0.489. The smallest absolute Gasteiger partial charge is 0.354 e. The Morgan fingerprint density at radius 2 is 2.09 bits per heavy atom. The highest BCUT2D eigenvalue weighted by Gasteiger charge is 1.98. The number of carbonyl (C=O) groups excluding carboxylic acids is 1. The Labute approximate surface area is 63.5 Å². The highest BCUT2D eigenvalue weighted by atomic mass is 16.4. The predicted molar refractivity (Wildman–Crippen MR) is 38.3 cm³/mol. The summed E-state index contributed by atoms with van der Waals surface area (Å²) in [7, 11) is 0. The van der Waals surface area contributed by atoms with E-state index in [0.717, 1.165) is 0 Å². The molecule has 1 aromatic rings. The molecule has 0 radical (unpaired) electrons. The molecule has 0 saturated carbocycles. The zero-order valence-corrected chi connectivity index (χ0v) is 5.73. The van der Waals surface area contributed by atoms with Gasteiger partial charge in [0, 0.05) is 6.20 Å². The maximum atomic E-state index is 10.1. The van der Waals surface area contributed by atoms with Crippen molar-refractivity contribution < 1.29 is 14.7 Å². The molecule has 58 valence electrons. The molecule has 1 heterocycles. The average Bonchev–Trinajstić information content (AvgIpc) is 2.10. The Hall–Kier alpha value is -1.71. The van der Waals surface area contributed by atoms with E-state index >= 15 is 0 Å². The van der Waals surface area contributed by atoms with E-state index in [4.69, 9.17) is 9.90 Å². The van der Waals surface area contributed by atoms with Crippen molar-refractivity contribution in [3.63, 3.8) is 0 Å². The zero-order valence-electron chi connectivity index (χ0n) is 5.73. The maximum absolute atomic E-state index is 10.1.